The molecule has 0 N–H and O–H groups in total. The predicted octanol–water partition coefficient (Wildman–Crippen LogP) is 5.58. The van der Waals surface area contributed by atoms with Gasteiger partial charge in [-0.25, -0.2) is 0 Å². The van der Waals surface area contributed by atoms with Gasteiger partial charge in [-0.2, -0.15) is 0 Å². The van der Waals surface area contributed by atoms with Gasteiger partial charge < -0.3 is 4.74 Å². The van der Waals surface area contributed by atoms with Gasteiger partial charge in [-0.05, 0) is 74.0 Å². The lowest BCUT2D eigenvalue weighted by Gasteiger charge is -2.58. The van der Waals surface area contributed by atoms with E-state index in [4.69, 9.17) is 4.74 Å². The van der Waals surface area contributed by atoms with Crippen LogP contribution in [0.5, 0.6) is 0 Å². The summed E-state index contributed by atoms with van der Waals surface area (Å²) >= 11 is 0. The van der Waals surface area contributed by atoms with Crippen molar-refractivity contribution in [3.05, 3.63) is 0 Å². The molecule has 0 aromatic heterocycles. The molecule has 0 radical (unpaired) electrons. The average Bonchev–Trinajstić information content (AvgIpc) is 3.12. The lowest BCUT2D eigenvalue weighted by Crippen LogP contribution is -2.59. The van der Waals surface area contributed by atoms with Crippen molar-refractivity contribution < 1.29 is 4.74 Å². The summed E-state index contributed by atoms with van der Waals surface area (Å²) < 4.78 is 6.74. The molecule has 5 rings (SSSR count). The average molecular weight is 303 g/mol. The molecule has 1 saturated heterocycles. The van der Waals surface area contributed by atoms with Crippen LogP contribution in [0.25, 0.3) is 0 Å². The first-order valence-corrected chi connectivity index (χ1v) is 10.2. The van der Waals surface area contributed by atoms with Crippen molar-refractivity contribution in [3.63, 3.8) is 0 Å². The van der Waals surface area contributed by atoms with Gasteiger partial charge in [0.1, 0.15) is 5.60 Å². The Labute approximate surface area is 136 Å². The summed E-state index contributed by atoms with van der Waals surface area (Å²) in [5, 5.41) is 0. The number of hydrogen-bond donors (Lipinski definition) is 0. The van der Waals surface area contributed by atoms with Crippen molar-refractivity contribution in [1.82, 2.24) is 0 Å². The van der Waals surface area contributed by atoms with Crippen LogP contribution in [-0.4, -0.2) is 11.7 Å². The van der Waals surface area contributed by atoms with E-state index in [1.807, 2.05) is 0 Å². The molecule has 22 heavy (non-hydrogen) atoms. The zero-order valence-corrected chi connectivity index (χ0v) is 14.9. The zero-order valence-electron chi connectivity index (χ0n) is 14.9. The van der Waals surface area contributed by atoms with Crippen molar-refractivity contribution >= 4 is 0 Å². The minimum atomic E-state index is 0.323. The second-order valence-electron chi connectivity index (χ2n) is 9.94. The summed E-state index contributed by atoms with van der Waals surface area (Å²) in [6.45, 7) is 7.70. The van der Waals surface area contributed by atoms with Gasteiger partial charge in [0.25, 0.3) is 0 Å². The minimum absolute atomic E-state index is 0.323. The molecular weight excluding hydrogens is 268 g/mol. The van der Waals surface area contributed by atoms with E-state index in [9.17, 15) is 0 Å². The fourth-order valence-electron chi connectivity index (χ4n) is 8.52. The van der Waals surface area contributed by atoms with E-state index in [2.05, 4.69) is 20.8 Å². The van der Waals surface area contributed by atoms with Gasteiger partial charge in [0.2, 0.25) is 0 Å². The molecule has 5 fully saturated rings. The lowest BCUT2D eigenvalue weighted by molar-refractivity contribution is -0.101. The maximum absolute atomic E-state index is 6.74. The Morgan fingerprint density at radius 2 is 1.77 bits per heavy atom. The first-order chi connectivity index (χ1) is 10.6. The maximum Gasteiger partial charge on any atom is 0.103 e. The molecule has 4 aliphatic carbocycles. The van der Waals surface area contributed by atoms with Gasteiger partial charge in [0.05, 0.1) is 6.10 Å². The Bertz CT molecular complexity index is 486. The summed E-state index contributed by atoms with van der Waals surface area (Å²) in [7, 11) is 0. The molecule has 0 aromatic rings. The number of fused-ring (bicyclic) bond motifs is 3. The van der Waals surface area contributed by atoms with Gasteiger partial charge in [0, 0.05) is 5.41 Å². The summed E-state index contributed by atoms with van der Waals surface area (Å²) in [5.74, 6) is 3.80. The van der Waals surface area contributed by atoms with Crippen molar-refractivity contribution in [3.8, 4) is 0 Å². The van der Waals surface area contributed by atoms with Crippen LogP contribution in [0.3, 0.4) is 0 Å². The Hall–Kier alpha value is -0.0400. The van der Waals surface area contributed by atoms with E-state index in [0.717, 1.165) is 23.7 Å². The van der Waals surface area contributed by atoms with E-state index < -0.39 is 0 Å². The van der Waals surface area contributed by atoms with E-state index in [-0.39, 0.29) is 0 Å². The van der Waals surface area contributed by atoms with Crippen LogP contribution >= 0.6 is 0 Å². The first kappa shape index (κ1) is 14.3. The predicted molar refractivity (Wildman–Crippen MR) is 89.6 cm³/mol. The summed E-state index contributed by atoms with van der Waals surface area (Å²) in [4.78, 5) is 0. The molecule has 4 saturated carbocycles. The summed E-state index contributed by atoms with van der Waals surface area (Å²) in [6.07, 6.45) is 15.2. The molecule has 0 bridgehead atoms. The van der Waals surface area contributed by atoms with Crippen LogP contribution in [0.2, 0.25) is 0 Å². The first-order valence-electron chi connectivity index (χ1n) is 10.2. The Kier molecular flexibility index (Phi) is 2.81. The van der Waals surface area contributed by atoms with Gasteiger partial charge in [-0.3, -0.25) is 0 Å². The SMILES string of the molecule is CC[C@H]1CC[C@H]2[C@@H]3CCC4CCCC[C@]4(C)[C@@]34O[C@H]4C[C@]12C. The summed E-state index contributed by atoms with van der Waals surface area (Å²) in [6, 6.07) is 0. The van der Waals surface area contributed by atoms with Crippen LogP contribution < -0.4 is 0 Å². The molecule has 1 spiro atoms. The number of epoxide rings is 1. The highest BCUT2D eigenvalue weighted by molar-refractivity contribution is 5.27. The van der Waals surface area contributed by atoms with Gasteiger partial charge in [-0.15, -0.1) is 0 Å². The van der Waals surface area contributed by atoms with Gasteiger partial charge >= 0.3 is 0 Å². The highest BCUT2D eigenvalue weighted by Gasteiger charge is 2.79. The zero-order chi connectivity index (χ0) is 15.2. The highest BCUT2D eigenvalue weighted by atomic mass is 16.6. The molecule has 1 aliphatic heterocycles. The van der Waals surface area contributed by atoms with Crippen molar-refractivity contribution in [2.45, 2.75) is 96.7 Å². The minimum Gasteiger partial charge on any atom is -0.365 e. The Balaban J connectivity index is 1.54. The van der Waals surface area contributed by atoms with E-state index in [0.29, 0.717) is 22.5 Å². The largest absolute Gasteiger partial charge is 0.365 e. The van der Waals surface area contributed by atoms with Crippen LogP contribution in [0.15, 0.2) is 0 Å². The Morgan fingerprint density at radius 3 is 2.59 bits per heavy atom. The molecule has 0 amide bonds. The smallest absolute Gasteiger partial charge is 0.103 e. The molecule has 1 heteroatoms. The quantitative estimate of drug-likeness (QED) is 0.576. The van der Waals surface area contributed by atoms with E-state index in [1.54, 1.807) is 0 Å². The molecule has 1 heterocycles. The number of ether oxygens (including phenoxy) is 1. The van der Waals surface area contributed by atoms with E-state index >= 15 is 0 Å². The van der Waals surface area contributed by atoms with Gasteiger partial charge in [0.15, 0.2) is 0 Å². The molecule has 124 valence electrons. The third kappa shape index (κ3) is 1.42. The molecule has 8 atom stereocenters. The lowest BCUT2D eigenvalue weighted by atomic mass is 9.44. The summed E-state index contributed by atoms with van der Waals surface area (Å²) in [5.41, 5.74) is 1.44. The fraction of sp³-hybridized carbons (Fsp3) is 1.00. The second-order valence-corrected chi connectivity index (χ2v) is 9.94. The maximum atomic E-state index is 6.74. The third-order valence-electron chi connectivity index (χ3n) is 9.64. The topological polar surface area (TPSA) is 12.5 Å². The molecule has 0 aromatic carbocycles. The third-order valence-corrected chi connectivity index (χ3v) is 9.64. The molecule has 1 unspecified atom stereocenters. The number of hydrogen-bond acceptors (Lipinski definition) is 1. The van der Waals surface area contributed by atoms with Crippen molar-refractivity contribution in [2.75, 3.05) is 0 Å². The van der Waals surface area contributed by atoms with E-state index in [1.165, 1.54) is 64.2 Å². The van der Waals surface area contributed by atoms with Crippen LogP contribution in [0.4, 0.5) is 0 Å². The van der Waals surface area contributed by atoms with Crippen LogP contribution in [0.1, 0.15) is 85.0 Å². The normalized spacial score (nSPS) is 62.6. The van der Waals surface area contributed by atoms with Crippen molar-refractivity contribution in [2.24, 2.45) is 34.5 Å². The Morgan fingerprint density at radius 1 is 0.955 bits per heavy atom. The van der Waals surface area contributed by atoms with Gasteiger partial charge in [-0.1, -0.05) is 40.0 Å². The standard InChI is InChI=1S/C21H34O/c1-4-14-8-10-16-17-11-9-15-7-5-6-12-20(15,3)21(17)18(22-21)13-19(14,16)2/h14-18H,4-13H2,1-3H3/t14-,15?,16-,17-,18-,19+,20-,21+/m0/s1. The molecular formula is C21H34O. The second kappa shape index (κ2) is 4.32. The van der Waals surface area contributed by atoms with Crippen LogP contribution in [0, 0.1) is 34.5 Å². The highest BCUT2D eigenvalue weighted by Crippen LogP contribution is 2.76. The molecule has 1 nitrogen and oxygen atoms in total. The fourth-order valence-corrected chi connectivity index (χ4v) is 8.52. The van der Waals surface area contributed by atoms with Crippen molar-refractivity contribution in [1.29, 1.82) is 0 Å². The number of rotatable bonds is 1. The van der Waals surface area contributed by atoms with Crippen LogP contribution in [-0.2, 0) is 4.74 Å². The monoisotopic (exact) mass is 302 g/mol. The molecule has 5 aliphatic rings.